The molecular formula is C22H28N4O4S. The van der Waals surface area contributed by atoms with Crippen LogP contribution in [0.2, 0.25) is 0 Å². The van der Waals surface area contributed by atoms with E-state index >= 15 is 0 Å². The molecule has 2 fully saturated rings. The summed E-state index contributed by atoms with van der Waals surface area (Å²) in [4.78, 5) is 15.6. The molecule has 0 radical (unpaired) electrons. The van der Waals surface area contributed by atoms with E-state index < -0.39 is 10.0 Å². The van der Waals surface area contributed by atoms with Crippen LogP contribution in [0.1, 0.15) is 12.8 Å². The molecule has 166 valence electrons. The number of anilines is 1. The molecule has 2 aromatic rings. The lowest BCUT2D eigenvalue weighted by molar-refractivity contribution is -0.384. The zero-order chi connectivity index (χ0) is 21.8. The molecule has 2 aromatic carbocycles. The molecule has 0 saturated carbocycles. The molecule has 9 heteroatoms. The summed E-state index contributed by atoms with van der Waals surface area (Å²) >= 11 is 0. The molecular weight excluding hydrogens is 416 g/mol. The smallest absolute Gasteiger partial charge is 0.271 e. The van der Waals surface area contributed by atoms with Crippen molar-refractivity contribution >= 4 is 21.4 Å². The summed E-state index contributed by atoms with van der Waals surface area (Å²) in [7, 11) is -3.40. The number of piperazine rings is 1. The number of piperidine rings is 1. The predicted octanol–water partition coefficient (Wildman–Crippen LogP) is 2.82. The van der Waals surface area contributed by atoms with Crippen molar-refractivity contribution in [1.82, 2.24) is 9.21 Å². The Kier molecular flexibility index (Phi) is 6.54. The quantitative estimate of drug-likeness (QED) is 0.503. The first-order valence-electron chi connectivity index (χ1n) is 10.7. The molecule has 8 nitrogen and oxygen atoms in total. The number of benzene rings is 2. The van der Waals surface area contributed by atoms with Crippen molar-refractivity contribution in [2.75, 3.05) is 50.7 Å². The summed E-state index contributed by atoms with van der Waals surface area (Å²) in [5, 5.41) is 11.0. The molecule has 0 bridgehead atoms. The Balaban J connectivity index is 1.26. The highest BCUT2D eigenvalue weighted by Crippen LogP contribution is 2.26. The van der Waals surface area contributed by atoms with Gasteiger partial charge >= 0.3 is 0 Å². The first kappa shape index (κ1) is 21.7. The molecule has 4 rings (SSSR count). The topological polar surface area (TPSA) is 87.0 Å². The van der Waals surface area contributed by atoms with Gasteiger partial charge in [0.15, 0.2) is 0 Å². The second kappa shape index (κ2) is 9.33. The number of nitro benzene ring substituents is 1. The van der Waals surface area contributed by atoms with Crippen molar-refractivity contribution in [2.24, 2.45) is 5.92 Å². The number of rotatable bonds is 6. The first-order valence-corrected chi connectivity index (χ1v) is 12.1. The summed E-state index contributed by atoms with van der Waals surface area (Å²) in [6, 6.07) is 15.5. The fraction of sp³-hybridized carbons (Fsp3) is 0.455. The van der Waals surface area contributed by atoms with E-state index in [2.05, 4.69) is 9.80 Å². The number of hydrogen-bond donors (Lipinski definition) is 0. The van der Waals surface area contributed by atoms with Crippen molar-refractivity contribution < 1.29 is 13.3 Å². The first-order chi connectivity index (χ1) is 14.9. The van der Waals surface area contributed by atoms with Crippen LogP contribution < -0.4 is 4.90 Å². The van der Waals surface area contributed by atoms with Gasteiger partial charge in [-0.25, -0.2) is 8.42 Å². The van der Waals surface area contributed by atoms with Gasteiger partial charge in [-0.05, 0) is 37.0 Å². The maximum absolute atomic E-state index is 12.8. The molecule has 0 aromatic heterocycles. The highest BCUT2D eigenvalue weighted by Gasteiger charge is 2.30. The monoisotopic (exact) mass is 444 g/mol. The second-order valence-corrected chi connectivity index (χ2v) is 10.2. The van der Waals surface area contributed by atoms with Crippen molar-refractivity contribution in [3.05, 3.63) is 64.7 Å². The maximum Gasteiger partial charge on any atom is 0.271 e. The van der Waals surface area contributed by atoms with Gasteiger partial charge in [0, 0.05) is 63.6 Å². The highest BCUT2D eigenvalue weighted by molar-refractivity contribution is 7.89. The molecule has 0 atom stereocenters. The van der Waals surface area contributed by atoms with E-state index in [1.165, 1.54) is 6.07 Å². The summed E-state index contributed by atoms with van der Waals surface area (Å²) in [6.45, 7) is 5.59. The Bertz CT molecular complexity index is 999. The molecule has 0 spiro atoms. The standard InChI is InChI=1S/C22H28N4O4S/c27-26(28)21-6-4-5-20(17-21)24-15-13-23(14-16-24)18-19-9-11-25(12-10-19)31(29,30)22-7-2-1-3-8-22/h1-8,17,19H,9-16,18H2. The average Bonchev–Trinajstić information content (AvgIpc) is 2.80. The van der Waals surface area contributed by atoms with Gasteiger partial charge in [0.25, 0.3) is 5.69 Å². The summed E-state index contributed by atoms with van der Waals surface area (Å²) < 4.78 is 27.2. The number of nitrogens with zero attached hydrogens (tertiary/aromatic N) is 4. The normalized spacial score (nSPS) is 19.4. The number of nitro groups is 1. The summed E-state index contributed by atoms with van der Waals surface area (Å²) in [5.74, 6) is 0.492. The van der Waals surface area contributed by atoms with E-state index in [9.17, 15) is 18.5 Å². The molecule has 2 aliphatic rings. The van der Waals surface area contributed by atoms with E-state index in [-0.39, 0.29) is 10.6 Å². The van der Waals surface area contributed by atoms with Crippen LogP contribution in [-0.2, 0) is 10.0 Å². The van der Waals surface area contributed by atoms with Crippen LogP contribution in [0.5, 0.6) is 0 Å². The lowest BCUT2D eigenvalue weighted by Crippen LogP contribution is -2.49. The molecule has 0 N–H and O–H groups in total. The van der Waals surface area contributed by atoms with Crippen LogP contribution in [0.4, 0.5) is 11.4 Å². The Labute approximate surface area is 183 Å². The van der Waals surface area contributed by atoms with Crippen molar-refractivity contribution in [3.8, 4) is 0 Å². The van der Waals surface area contributed by atoms with Crippen molar-refractivity contribution in [3.63, 3.8) is 0 Å². The van der Waals surface area contributed by atoms with Gasteiger partial charge in [-0.1, -0.05) is 24.3 Å². The third-order valence-corrected chi connectivity index (χ3v) is 8.16. The van der Waals surface area contributed by atoms with E-state index in [0.29, 0.717) is 23.9 Å². The second-order valence-electron chi connectivity index (χ2n) is 8.23. The van der Waals surface area contributed by atoms with Crippen molar-refractivity contribution in [2.45, 2.75) is 17.7 Å². The predicted molar refractivity (Wildman–Crippen MR) is 120 cm³/mol. The minimum absolute atomic E-state index is 0.122. The lowest BCUT2D eigenvalue weighted by Gasteiger charge is -2.39. The Morgan fingerprint density at radius 3 is 2.23 bits per heavy atom. The van der Waals surface area contributed by atoms with Gasteiger partial charge in [-0.15, -0.1) is 0 Å². The van der Waals surface area contributed by atoms with E-state index in [4.69, 9.17) is 0 Å². The minimum atomic E-state index is -3.40. The van der Waals surface area contributed by atoms with Crippen LogP contribution in [0.25, 0.3) is 0 Å². The number of non-ortho nitro benzene ring substituents is 1. The average molecular weight is 445 g/mol. The maximum atomic E-state index is 12.8. The minimum Gasteiger partial charge on any atom is -0.369 e. The van der Waals surface area contributed by atoms with Gasteiger partial charge in [-0.3, -0.25) is 15.0 Å². The van der Waals surface area contributed by atoms with E-state index in [1.807, 2.05) is 12.1 Å². The Morgan fingerprint density at radius 1 is 0.903 bits per heavy atom. The highest BCUT2D eigenvalue weighted by atomic mass is 32.2. The van der Waals surface area contributed by atoms with Crippen LogP contribution in [0.3, 0.4) is 0 Å². The van der Waals surface area contributed by atoms with Crippen LogP contribution >= 0.6 is 0 Å². The van der Waals surface area contributed by atoms with Gasteiger partial charge in [0.1, 0.15) is 0 Å². The van der Waals surface area contributed by atoms with Gasteiger partial charge in [-0.2, -0.15) is 4.31 Å². The zero-order valence-corrected chi connectivity index (χ0v) is 18.3. The van der Waals surface area contributed by atoms with Gasteiger partial charge in [0.2, 0.25) is 10.0 Å². The largest absolute Gasteiger partial charge is 0.369 e. The summed E-state index contributed by atoms with van der Waals surface area (Å²) in [6.07, 6.45) is 1.74. The van der Waals surface area contributed by atoms with E-state index in [0.717, 1.165) is 51.3 Å². The molecule has 0 aliphatic carbocycles. The Morgan fingerprint density at radius 2 is 1.58 bits per heavy atom. The fourth-order valence-electron chi connectivity index (χ4n) is 4.43. The molecule has 2 aliphatic heterocycles. The fourth-order valence-corrected chi connectivity index (χ4v) is 5.92. The van der Waals surface area contributed by atoms with Gasteiger partial charge < -0.3 is 4.90 Å². The Hall–Kier alpha value is -2.49. The SMILES string of the molecule is O=[N+]([O-])c1cccc(N2CCN(CC3CCN(S(=O)(=O)c4ccccc4)CC3)CC2)c1. The van der Waals surface area contributed by atoms with Crippen LogP contribution in [-0.4, -0.2) is 68.4 Å². The van der Waals surface area contributed by atoms with Gasteiger partial charge in [0.05, 0.1) is 9.82 Å². The number of hydrogen-bond acceptors (Lipinski definition) is 6. The van der Waals surface area contributed by atoms with Crippen molar-refractivity contribution in [1.29, 1.82) is 0 Å². The molecule has 2 saturated heterocycles. The zero-order valence-electron chi connectivity index (χ0n) is 17.5. The molecule has 0 unspecified atom stereocenters. The van der Waals surface area contributed by atoms with Crippen LogP contribution in [0.15, 0.2) is 59.5 Å². The molecule has 0 amide bonds. The molecule has 31 heavy (non-hydrogen) atoms. The molecule has 2 heterocycles. The van der Waals surface area contributed by atoms with E-state index in [1.54, 1.807) is 40.7 Å². The lowest BCUT2D eigenvalue weighted by atomic mass is 9.97. The third kappa shape index (κ3) is 5.06. The van der Waals surface area contributed by atoms with Crippen LogP contribution in [0, 0.1) is 16.0 Å². The summed E-state index contributed by atoms with van der Waals surface area (Å²) in [5.41, 5.74) is 1.02. The number of sulfonamides is 1. The third-order valence-electron chi connectivity index (χ3n) is 6.25.